The van der Waals surface area contributed by atoms with Crippen molar-refractivity contribution in [2.24, 2.45) is 5.92 Å². The molecule has 1 aliphatic carbocycles. The lowest BCUT2D eigenvalue weighted by Gasteiger charge is -2.24. The van der Waals surface area contributed by atoms with E-state index in [-0.39, 0.29) is 12.1 Å². The van der Waals surface area contributed by atoms with E-state index in [1.54, 1.807) is 0 Å². The number of nitrogens with zero attached hydrogens (tertiary/aromatic N) is 1. The SMILES string of the molecule is Nc1cnccc1C1=CC(=O)CC(C(F)(F)F)C1. The van der Waals surface area contributed by atoms with Gasteiger partial charge in [0.25, 0.3) is 0 Å². The van der Waals surface area contributed by atoms with Crippen LogP contribution < -0.4 is 5.73 Å². The molecule has 1 atom stereocenters. The highest BCUT2D eigenvalue weighted by molar-refractivity contribution is 5.99. The standard InChI is InChI=1S/C12H11F3N2O/c13-12(14,15)8-3-7(4-9(18)5-8)10-1-2-17-6-11(10)16/h1-2,4,6,8H,3,5,16H2. The maximum absolute atomic E-state index is 12.7. The summed E-state index contributed by atoms with van der Waals surface area (Å²) in [5.74, 6) is -2.15. The Morgan fingerprint density at radius 3 is 2.67 bits per heavy atom. The molecule has 0 fully saturated rings. The summed E-state index contributed by atoms with van der Waals surface area (Å²) in [6.07, 6.45) is -1.03. The van der Waals surface area contributed by atoms with E-state index in [1.807, 2.05) is 0 Å². The Morgan fingerprint density at radius 2 is 2.06 bits per heavy atom. The van der Waals surface area contributed by atoms with Crippen molar-refractivity contribution in [3.63, 3.8) is 0 Å². The second kappa shape index (κ2) is 4.44. The molecule has 1 unspecified atom stereocenters. The zero-order valence-electron chi connectivity index (χ0n) is 9.37. The molecule has 0 radical (unpaired) electrons. The Labute approximate surface area is 102 Å². The Balaban J connectivity index is 2.35. The van der Waals surface area contributed by atoms with Crippen molar-refractivity contribution >= 4 is 17.0 Å². The molecule has 1 aromatic rings. The second-order valence-electron chi connectivity index (χ2n) is 4.25. The number of carbonyl (C=O) groups is 1. The van der Waals surface area contributed by atoms with E-state index in [9.17, 15) is 18.0 Å². The van der Waals surface area contributed by atoms with Crippen molar-refractivity contribution < 1.29 is 18.0 Å². The van der Waals surface area contributed by atoms with Gasteiger partial charge in [0.15, 0.2) is 5.78 Å². The number of carbonyl (C=O) groups excluding carboxylic acids is 1. The van der Waals surface area contributed by atoms with Gasteiger partial charge in [-0.1, -0.05) is 0 Å². The first kappa shape index (κ1) is 12.6. The number of halogens is 3. The molecule has 96 valence electrons. The van der Waals surface area contributed by atoms with Gasteiger partial charge < -0.3 is 5.73 Å². The number of nitrogens with two attached hydrogens (primary N) is 1. The number of alkyl halides is 3. The van der Waals surface area contributed by atoms with Crippen molar-refractivity contribution in [1.82, 2.24) is 4.98 Å². The van der Waals surface area contributed by atoms with Crippen molar-refractivity contribution in [3.05, 3.63) is 30.1 Å². The summed E-state index contributed by atoms with van der Waals surface area (Å²) in [5, 5.41) is 0. The van der Waals surface area contributed by atoms with E-state index in [4.69, 9.17) is 5.73 Å². The average Bonchev–Trinajstić information content (AvgIpc) is 2.27. The van der Waals surface area contributed by atoms with Crippen molar-refractivity contribution in [2.75, 3.05) is 5.73 Å². The number of hydrogen-bond donors (Lipinski definition) is 1. The third kappa shape index (κ3) is 2.52. The van der Waals surface area contributed by atoms with Gasteiger partial charge in [-0.15, -0.1) is 0 Å². The van der Waals surface area contributed by atoms with Crippen molar-refractivity contribution in [1.29, 1.82) is 0 Å². The first-order chi connectivity index (χ1) is 8.38. The van der Waals surface area contributed by atoms with Crippen LogP contribution in [0.5, 0.6) is 0 Å². The fraction of sp³-hybridized carbons (Fsp3) is 0.333. The van der Waals surface area contributed by atoms with Crippen LogP contribution in [0.1, 0.15) is 18.4 Å². The molecule has 2 N–H and O–H groups in total. The van der Waals surface area contributed by atoms with Crippen LogP contribution in [-0.2, 0) is 4.79 Å². The van der Waals surface area contributed by atoms with Crippen LogP contribution in [0.15, 0.2) is 24.5 Å². The minimum Gasteiger partial charge on any atom is -0.397 e. The van der Waals surface area contributed by atoms with Gasteiger partial charge >= 0.3 is 6.18 Å². The molecule has 18 heavy (non-hydrogen) atoms. The highest BCUT2D eigenvalue weighted by Crippen LogP contribution is 2.40. The van der Waals surface area contributed by atoms with E-state index in [0.717, 1.165) is 0 Å². The summed E-state index contributed by atoms with van der Waals surface area (Å²) in [5.41, 5.74) is 6.71. The summed E-state index contributed by atoms with van der Waals surface area (Å²) in [6.45, 7) is 0. The number of aromatic nitrogens is 1. The predicted octanol–water partition coefficient (Wildman–Crippen LogP) is 2.59. The highest BCUT2D eigenvalue weighted by atomic mass is 19.4. The number of anilines is 1. The normalized spacial score (nSPS) is 20.7. The summed E-state index contributed by atoms with van der Waals surface area (Å²) < 4.78 is 38.0. The lowest BCUT2D eigenvalue weighted by molar-refractivity contribution is -0.177. The Hall–Kier alpha value is -1.85. The molecular weight excluding hydrogens is 245 g/mol. The first-order valence-corrected chi connectivity index (χ1v) is 5.38. The van der Waals surface area contributed by atoms with E-state index in [1.165, 1.54) is 24.5 Å². The van der Waals surface area contributed by atoms with E-state index < -0.39 is 24.3 Å². The van der Waals surface area contributed by atoms with Gasteiger partial charge in [-0.25, -0.2) is 0 Å². The Kier molecular flexibility index (Phi) is 3.11. The van der Waals surface area contributed by atoms with Crippen molar-refractivity contribution in [3.8, 4) is 0 Å². The molecule has 1 aromatic heterocycles. The number of pyridine rings is 1. The van der Waals surface area contributed by atoms with Gasteiger partial charge in [-0.3, -0.25) is 9.78 Å². The molecule has 0 bridgehead atoms. The smallest absolute Gasteiger partial charge is 0.392 e. The van der Waals surface area contributed by atoms with Gasteiger partial charge in [0.05, 0.1) is 17.8 Å². The maximum atomic E-state index is 12.7. The van der Waals surface area contributed by atoms with Gasteiger partial charge in [-0.05, 0) is 24.1 Å². The van der Waals surface area contributed by atoms with Crippen molar-refractivity contribution in [2.45, 2.75) is 19.0 Å². The molecule has 0 aliphatic heterocycles. The van der Waals surface area contributed by atoms with Crippen LogP contribution in [0.3, 0.4) is 0 Å². The van der Waals surface area contributed by atoms with Crippen LogP contribution in [0.4, 0.5) is 18.9 Å². The molecule has 0 spiro atoms. The summed E-state index contributed by atoms with van der Waals surface area (Å²) >= 11 is 0. The van der Waals surface area contributed by atoms with Gasteiger partial charge in [0.1, 0.15) is 0 Å². The van der Waals surface area contributed by atoms with E-state index >= 15 is 0 Å². The lowest BCUT2D eigenvalue weighted by Crippen LogP contribution is -2.28. The Bertz CT molecular complexity index is 508. The van der Waals surface area contributed by atoms with Gasteiger partial charge in [0, 0.05) is 18.2 Å². The number of rotatable bonds is 1. The molecule has 0 amide bonds. The number of ketones is 1. The monoisotopic (exact) mass is 256 g/mol. The summed E-state index contributed by atoms with van der Waals surface area (Å²) in [4.78, 5) is 15.1. The topological polar surface area (TPSA) is 56.0 Å². The maximum Gasteiger partial charge on any atom is 0.392 e. The van der Waals surface area contributed by atoms with E-state index in [0.29, 0.717) is 11.1 Å². The highest BCUT2D eigenvalue weighted by Gasteiger charge is 2.42. The first-order valence-electron chi connectivity index (χ1n) is 5.38. The quantitative estimate of drug-likeness (QED) is 0.840. The minimum absolute atomic E-state index is 0.219. The summed E-state index contributed by atoms with van der Waals surface area (Å²) in [6, 6.07) is 1.52. The van der Waals surface area contributed by atoms with Crippen LogP contribution in [0.2, 0.25) is 0 Å². The molecule has 1 heterocycles. The number of nitrogen functional groups attached to an aromatic ring is 1. The van der Waals surface area contributed by atoms with Gasteiger partial charge in [0.2, 0.25) is 0 Å². The van der Waals surface area contributed by atoms with E-state index in [2.05, 4.69) is 4.98 Å². The molecule has 3 nitrogen and oxygen atoms in total. The molecule has 1 aliphatic rings. The second-order valence-corrected chi connectivity index (χ2v) is 4.25. The fourth-order valence-corrected chi connectivity index (χ4v) is 2.01. The number of allylic oxidation sites excluding steroid dienone is 2. The van der Waals surface area contributed by atoms with Crippen LogP contribution >= 0.6 is 0 Å². The molecule has 0 saturated carbocycles. The molecule has 0 aromatic carbocycles. The fourth-order valence-electron chi connectivity index (χ4n) is 2.01. The van der Waals surface area contributed by atoms with Gasteiger partial charge in [-0.2, -0.15) is 13.2 Å². The number of hydrogen-bond acceptors (Lipinski definition) is 3. The molecule has 0 saturated heterocycles. The third-order valence-corrected chi connectivity index (χ3v) is 2.91. The Morgan fingerprint density at radius 1 is 1.33 bits per heavy atom. The zero-order chi connectivity index (χ0) is 13.3. The molecular formula is C12H11F3N2O. The summed E-state index contributed by atoms with van der Waals surface area (Å²) in [7, 11) is 0. The average molecular weight is 256 g/mol. The molecule has 6 heteroatoms. The molecule has 2 rings (SSSR count). The van der Waals surface area contributed by atoms with Crippen LogP contribution in [0.25, 0.3) is 5.57 Å². The van der Waals surface area contributed by atoms with Crippen LogP contribution in [-0.4, -0.2) is 16.9 Å². The largest absolute Gasteiger partial charge is 0.397 e. The zero-order valence-corrected chi connectivity index (χ0v) is 9.37. The van der Waals surface area contributed by atoms with Crippen LogP contribution in [0, 0.1) is 5.92 Å². The predicted molar refractivity (Wildman–Crippen MR) is 60.4 cm³/mol. The minimum atomic E-state index is -4.36. The third-order valence-electron chi connectivity index (χ3n) is 2.91. The lowest BCUT2D eigenvalue weighted by atomic mass is 9.84.